The van der Waals surface area contributed by atoms with Crippen molar-refractivity contribution in [1.82, 2.24) is 5.32 Å². The Kier molecular flexibility index (Phi) is 3.66. The maximum atomic E-state index is 13.1. The summed E-state index contributed by atoms with van der Waals surface area (Å²) in [4.78, 5) is 15.0. The number of carbonyl (C=O) groups excluding carboxylic acids is 1. The van der Waals surface area contributed by atoms with Crippen LogP contribution in [0.3, 0.4) is 0 Å². The van der Waals surface area contributed by atoms with Crippen LogP contribution < -0.4 is 15.0 Å². The maximum absolute atomic E-state index is 13.1. The van der Waals surface area contributed by atoms with E-state index in [1.165, 1.54) is 0 Å². The van der Waals surface area contributed by atoms with Crippen LogP contribution in [0.15, 0.2) is 24.3 Å². The van der Waals surface area contributed by atoms with Gasteiger partial charge in [0.15, 0.2) is 0 Å². The van der Waals surface area contributed by atoms with E-state index in [9.17, 15) is 4.79 Å². The first-order valence-electron chi connectivity index (χ1n) is 7.51. The number of para-hydroxylation sites is 2. The molecule has 1 fully saturated rings. The molecule has 2 aliphatic rings. The van der Waals surface area contributed by atoms with E-state index in [1.54, 1.807) is 0 Å². The molecule has 108 valence electrons. The van der Waals surface area contributed by atoms with Gasteiger partial charge in [0.05, 0.1) is 17.6 Å². The van der Waals surface area contributed by atoms with Gasteiger partial charge >= 0.3 is 0 Å². The van der Waals surface area contributed by atoms with Crippen molar-refractivity contribution in [3.63, 3.8) is 0 Å². The lowest BCUT2D eigenvalue weighted by Crippen LogP contribution is -2.51. The SMILES string of the molecule is CCC1(C(=O)N2CCOc3ccccc32)CCNCC1. The van der Waals surface area contributed by atoms with Crippen molar-refractivity contribution in [2.75, 3.05) is 31.1 Å². The highest BCUT2D eigenvalue weighted by atomic mass is 16.5. The van der Waals surface area contributed by atoms with Gasteiger partial charge in [0.25, 0.3) is 0 Å². The van der Waals surface area contributed by atoms with E-state index >= 15 is 0 Å². The van der Waals surface area contributed by atoms with Crippen molar-refractivity contribution >= 4 is 11.6 Å². The number of anilines is 1. The minimum absolute atomic E-state index is 0.199. The molecule has 1 N–H and O–H groups in total. The molecule has 0 radical (unpaired) electrons. The summed E-state index contributed by atoms with van der Waals surface area (Å²) in [6, 6.07) is 7.84. The molecular weight excluding hydrogens is 252 g/mol. The zero-order valence-corrected chi connectivity index (χ0v) is 12.0. The molecule has 1 aromatic carbocycles. The van der Waals surface area contributed by atoms with Crippen LogP contribution in [0.1, 0.15) is 26.2 Å². The summed E-state index contributed by atoms with van der Waals surface area (Å²) < 4.78 is 5.65. The van der Waals surface area contributed by atoms with E-state index < -0.39 is 0 Å². The van der Waals surface area contributed by atoms with Gasteiger partial charge < -0.3 is 15.0 Å². The second-order valence-electron chi connectivity index (χ2n) is 5.66. The topological polar surface area (TPSA) is 41.6 Å². The number of carbonyl (C=O) groups is 1. The lowest BCUT2D eigenvalue weighted by Gasteiger charge is -2.41. The van der Waals surface area contributed by atoms with Gasteiger partial charge in [0.2, 0.25) is 5.91 Å². The maximum Gasteiger partial charge on any atom is 0.233 e. The molecule has 4 nitrogen and oxygen atoms in total. The Morgan fingerprint density at radius 3 is 2.85 bits per heavy atom. The van der Waals surface area contributed by atoms with E-state index in [1.807, 2.05) is 29.2 Å². The van der Waals surface area contributed by atoms with Crippen molar-refractivity contribution in [2.24, 2.45) is 5.41 Å². The molecule has 1 saturated heterocycles. The molecule has 1 aromatic rings. The number of rotatable bonds is 2. The highest BCUT2D eigenvalue weighted by Crippen LogP contribution is 2.39. The minimum atomic E-state index is -0.199. The molecule has 2 heterocycles. The van der Waals surface area contributed by atoms with Crippen molar-refractivity contribution in [3.05, 3.63) is 24.3 Å². The number of fused-ring (bicyclic) bond motifs is 1. The van der Waals surface area contributed by atoms with Gasteiger partial charge in [-0.1, -0.05) is 19.1 Å². The zero-order valence-electron chi connectivity index (χ0n) is 12.0. The third-order valence-electron chi connectivity index (χ3n) is 4.66. The van der Waals surface area contributed by atoms with Gasteiger partial charge in [0, 0.05) is 0 Å². The Balaban J connectivity index is 1.91. The fraction of sp³-hybridized carbons (Fsp3) is 0.562. The van der Waals surface area contributed by atoms with E-state index in [2.05, 4.69) is 12.2 Å². The predicted octanol–water partition coefficient (Wildman–Crippen LogP) is 2.19. The Bertz CT molecular complexity index is 495. The fourth-order valence-corrected chi connectivity index (χ4v) is 3.29. The molecule has 0 atom stereocenters. The number of ether oxygens (including phenoxy) is 1. The number of nitrogens with zero attached hydrogens (tertiary/aromatic N) is 1. The van der Waals surface area contributed by atoms with Crippen LogP contribution in [0.5, 0.6) is 5.75 Å². The van der Waals surface area contributed by atoms with Crippen LogP contribution >= 0.6 is 0 Å². The Morgan fingerprint density at radius 1 is 1.35 bits per heavy atom. The van der Waals surface area contributed by atoms with Gasteiger partial charge in [-0.25, -0.2) is 0 Å². The quantitative estimate of drug-likeness (QED) is 0.899. The van der Waals surface area contributed by atoms with Gasteiger partial charge in [-0.3, -0.25) is 4.79 Å². The third kappa shape index (κ3) is 2.18. The first kappa shape index (κ1) is 13.4. The molecule has 20 heavy (non-hydrogen) atoms. The number of hydrogen-bond acceptors (Lipinski definition) is 3. The van der Waals surface area contributed by atoms with E-state index in [4.69, 9.17) is 4.74 Å². The Hall–Kier alpha value is -1.55. The third-order valence-corrected chi connectivity index (χ3v) is 4.66. The summed E-state index contributed by atoms with van der Waals surface area (Å²) in [6.07, 6.45) is 2.77. The van der Waals surface area contributed by atoms with Gasteiger partial charge in [-0.05, 0) is 44.5 Å². The second-order valence-corrected chi connectivity index (χ2v) is 5.66. The fourth-order valence-electron chi connectivity index (χ4n) is 3.29. The van der Waals surface area contributed by atoms with Crippen molar-refractivity contribution in [3.8, 4) is 5.75 Å². The first-order chi connectivity index (χ1) is 9.77. The normalized spacial score (nSPS) is 20.9. The molecule has 3 rings (SSSR count). The molecule has 1 amide bonds. The Labute approximate surface area is 120 Å². The molecule has 0 bridgehead atoms. The predicted molar refractivity (Wildman–Crippen MR) is 79.1 cm³/mol. The van der Waals surface area contributed by atoms with Crippen LogP contribution in [0.25, 0.3) is 0 Å². The van der Waals surface area contributed by atoms with Crippen molar-refractivity contribution in [2.45, 2.75) is 26.2 Å². The van der Waals surface area contributed by atoms with E-state index in [-0.39, 0.29) is 11.3 Å². The summed E-state index contributed by atoms with van der Waals surface area (Å²) in [6.45, 7) is 5.25. The van der Waals surface area contributed by atoms with E-state index in [0.29, 0.717) is 13.2 Å². The average molecular weight is 274 g/mol. The molecule has 0 unspecified atom stereocenters. The summed E-state index contributed by atoms with van der Waals surface area (Å²) in [5, 5.41) is 3.36. The number of nitrogens with one attached hydrogen (secondary N) is 1. The molecular formula is C16H22N2O2. The first-order valence-corrected chi connectivity index (χ1v) is 7.51. The molecule has 0 spiro atoms. The largest absolute Gasteiger partial charge is 0.490 e. The molecule has 2 aliphatic heterocycles. The Morgan fingerprint density at radius 2 is 2.10 bits per heavy atom. The smallest absolute Gasteiger partial charge is 0.233 e. The van der Waals surface area contributed by atoms with Crippen LogP contribution in [0, 0.1) is 5.41 Å². The van der Waals surface area contributed by atoms with Crippen molar-refractivity contribution in [1.29, 1.82) is 0 Å². The molecule has 0 aliphatic carbocycles. The van der Waals surface area contributed by atoms with E-state index in [0.717, 1.165) is 43.8 Å². The zero-order chi connectivity index (χ0) is 14.0. The second kappa shape index (κ2) is 5.44. The minimum Gasteiger partial charge on any atom is -0.490 e. The molecule has 0 saturated carbocycles. The van der Waals surface area contributed by atoms with Gasteiger partial charge in [-0.15, -0.1) is 0 Å². The number of hydrogen-bond donors (Lipinski definition) is 1. The average Bonchev–Trinajstić information content (AvgIpc) is 2.54. The molecule has 0 aromatic heterocycles. The number of benzene rings is 1. The molecule has 4 heteroatoms. The number of amides is 1. The summed E-state index contributed by atoms with van der Waals surface area (Å²) >= 11 is 0. The van der Waals surface area contributed by atoms with Crippen LogP contribution in [-0.4, -0.2) is 32.1 Å². The highest BCUT2D eigenvalue weighted by Gasteiger charge is 2.42. The lowest BCUT2D eigenvalue weighted by molar-refractivity contribution is -0.130. The van der Waals surface area contributed by atoms with Gasteiger partial charge in [0.1, 0.15) is 12.4 Å². The summed E-state index contributed by atoms with van der Waals surface area (Å²) in [5.74, 6) is 1.10. The van der Waals surface area contributed by atoms with Crippen LogP contribution in [-0.2, 0) is 4.79 Å². The van der Waals surface area contributed by atoms with Crippen LogP contribution in [0.4, 0.5) is 5.69 Å². The van der Waals surface area contributed by atoms with Crippen LogP contribution in [0.2, 0.25) is 0 Å². The summed E-state index contributed by atoms with van der Waals surface area (Å²) in [7, 11) is 0. The summed E-state index contributed by atoms with van der Waals surface area (Å²) in [5.41, 5.74) is 0.727. The highest BCUT2D eigenvalue weighted by molar-refractivity contribution is 5.99. The lowest BCUT2D eigenvalue weighted by atomic mass is 9.75. The van der Waals surface area contributed by atoms with Crippen molar-refractivity contribution < 1.29 is 9.53 Å². The van der Waals surface area contributed by atoms with Gasteiger partial charge in [-0.2, -0.15) is 0 Å². The standard InChI is InChI=1S/C16H22N2O2/c1-2-16(7-9-17-10-8-16)15(19)18-11-12-20-14-6-4-3-5-13(14)18/h3-6,17H,2,7-12H2,1H3. The number of piperidine rings is 1. The monoisotopic (exact) mass is 274 g/mol.